The van der Waals surface area contributed by atoms with Crippen molar-refractivity contribution < 1.29 is 132 Å². The van der Waals surface area contributed by atoms with E-state index in [0.717, 1.165) is 16.8 Å². The Morgan fingerprint density at radius 2 is 1.61 bits per heavy atom. The van der Waals surface area contributed by atoms with Crippen LogP contribution in [0.1, 0.15) is 6.23 Å². The van der Waals surface area contributed by atoms with Gasteiger partial charge in [0.2, 0.25) is 0 Å². The second kappa shape index (κ2) is 14.9. The van der Waals surface area contributed by atoms with E-state index < -0.39 is 65.8 Å². The van der Waals surface area contributed by atoms with Gasteiger partial charge in [0.1, 0.15) is 12.2 Å². The van der Waals surface area contributed by atoms with Gasteiger partial charge >= 0.3 is 81.1 Å². The number of nitrogens with two attached hydrogens (primary N) is 1. The van der Waals surface area contributed by atoms with E-state index in [4.69, 9.17) is 10.5 Å². The summed E-state index contributed by atoms with van der Waals surface area (Å²) in [5.74, 6) is 0. The van der Waals surface area contributed by atoms with Crippen molar-refractivity contribution in [2.75, 3.05) is 6.61 Å². The first-order valence-corrected chi connectivity index (χ1v) is 11.6. The van der Waals surface area contributed by atoms with Gasteiger partial charge in [-0.2, -0.15) is 0 Å². The molecule has 166 valence electrons. The molecule has 4 N–H and O–H groups in total. The number of aromatic nitrogens is 2. The normalized spacial score (nSPS) is 25.8. The van der Waals surface area contributed by atoms with Gasteiger partial charge in [-0.3, -0.25) is 27.8 Å². The minimum atomic E-state index is -6.14. The number of aromatic amines is 1. The number of rotatable bonds is 8. The number of phosphoric acid groups is 3. The molecule has 24 heteroatoms. The molecule has 0 aliphatic carbocycles. The average molecular weight is 507 g/mol. The Bertz CT molecular complexity index is 1020. The number of hydrogen-bond donors (Lipinski definition) is 3. The zero-order chi connectivity index (χ0) is 22.2. The number of H-pyrrole nitrogens is 1. The third-order valence-corrected chi connectivity index (χ3v) is 7.01. The van der Waals surface area contributed by atoms with Gasteiger partial charge in [-0.1, -0.05) is 0 Å². The molecule has 1 aromatic heterocycles. The predicted molar refractivity (Wildman–Crippen MR) is 80.2 cm³/mol. The van der Waals surface area contributed by atoms with Crippen LogP contribution >= 0.6 is 23.5 Å². The Hall–Kier alpha value is 1.36. The maximum absolute atomic E-state index is 11.8. The molecule has 17 nitrogen and oxygen atoms in total. The molecule has 1 fully saturated rings. The molecule has 1 aliphatic rings. The average Bonchev–Trinajstić information content (AvgIpc) is 2.78. The Balaban J connectivity index is -0.00000225. The summed E-state index contributed by atoms with van der Waals surface area (Å²) in [6, 6.07) is -0.357. The summed E-state index contributed by atoms with van der Waals surface area (Å²) in [6.07, 6.45) is -3.52. The van der Waals surface area contributed by atoms with Gasteiger partial charge in [-0.05, 0) is 0 Å². The van der Waals surface area contributed by atoms with Crippen LogP contribution in [0.25, 0.3) is 0 Å². The Morgan fingerprint density at radius 1 is 1.06 bits per heavy atom. The zero-order valence-corrected chi connectivity index (χ0v) is 20.5. The fourth-order valence-corrected chi connectivity index (χ4v) is 5.10. The molecule has 0 saturated carbocycles. The Kier molecular flexibility index (Phi) is 17.6. The minimum Gasteiger partial charge on any atom is -0.790 e. The van der Waals surface area contributed by atoms with Crippen molar-refractivity contribution in [3.8, 4) is 0 Å². The van der Waals surface area contributed by atoms with E-state index in [1.54, 1.807) is 0 Å². The summed E-state index contributed by atoms with van der Waals surface area (Å²) in [4.78, 5) is 67.8. The number of phosphoric ester groups is 1. The number of nitrogens with zero attached hydrogens (tertiary/aromatic N) is 1. The Labute approximate surface area is 233 Å². The predicted octanol–water partition coefficient (Wildman–Crippen LogP) is -17.0. The molecule has 1 saturated heterocycles. The SMILES string of the molecule is NC1C(O)C(COP(=O)([O-])OP(=O)([O-])OP(=O)([O-])[O-])OC1n1ccc(=O)[nH]c1=O.[Li+].[Li+].[Li+].[Li+]. The molecule has 0 amide bonds. The fourth-order valence-electron chi connectivity index (χ4n) is 2.23. The first-order chi connectivity index (χ1) is 13.1. The maximum Gasteiger partial charge on any atom is 1.00 e. The third kappa shape index (κ3) is 12.0. The van der Waals surface area contributed by atoms with Crippen molar-refractivity contribution in [1.82, 2.24) is 9.55 Å². The van der Waals surface area contributed by atoms with Crippen molar-refractivity contribution in [2.24, 2.45) is 5.73 Å². The first-order valence-electron chi connectivity index (χ1n) is 7.22. The van der Waals surface area contributed by atoms with Crippen LogP contribution < -0.4 is 112 Å². The second-order valence-corrected chi connectivity index (χ2v) is 9.70. The molecule has 2 heterocycles. The number of aliphatic hydroxyl groups excluding tert-OH is 1. The molecule has 0 radical (unpaired) electrons. The van der Waals surface area contributed by atoms with Crippen molar-refractivity contribution in [2.45, 2.75) is 24.5 Å². The van der Waals surface area contributed by atoms with E-state index in [2.05, 4.69) is 13.1 Å². The van der Waals surface area contributed by atoms with Crippen LogP contribution in [0, 0.1) is 0 Å². The van der Waals surface area contributed by atoms with Crippen LogP contribution in [0.5, 0.6) is 0 Å². The number of aliphatic hydroxyl groups is 1. The van der Waals surface area contributed by atoms with Gasteiger partial charge in [0, 0.05) is 12.3 Å². The molecule has 6 unspecified atom stereocenters. The smallest absolute Gasteiger partial charge is 0.790 e. The summed E-state index contributed by atoms with van der Waals surface area (Å²) in [6.45, 7) is -1.09. The summed E-state index contributed by atoms with van der Waals surface area (Å²) in [5.41, 5.74) is 4.01. The van der Waals surface area contributed by atoms with Crippen LogP contribution in [0.4, 0.5) is 0 Å². The summed E-state index contributed by atoms with van der Waals surface area (Å²) in [5, 5.41) is 10.0. The molecule has 1 aliphatic heterocycles. The third-order valence-electron chi connectivity index (χ3n) is 3.34. The fraction of sp³-hybridized carbons (Fsp3) is 0.556. The molecule has 0 spiro atoms. The minimum absolute atomic E-state index is 0. The number of nitrogens with one attached hydrogen (secondary N) is 1. The van der Waals surface area contributed by atoms with E-state index in [0.29, 0.717) is 0 Å². The van der Waals surface area contributed by atoms with Gasteiger partial charge in [0.25, 0.3) is 21.2 Å². The maximum atomic E-state index is 11.8. The van der Waals surface area contributed by atoms with Gasteiger partial charge in [-0.25, -0.2) is 9.11 Å². The molecular formula is C9H12Li4N3O14P3. The second-order valence-electron chi connectivity index (χ2n) is 5.45. The van der Waals surface area contributed by atoms with Crippen LogP contribution in [0.15, 0.2) is 21.9 Å². The van der Waals surface area contributed by atoms with Crippen molar-refractivity contribution in [1.29, 1.82) is 0 Å². The summed E-state index contributed by atoms with van der Waals surface area (Å²) < 4.78 is 49.3. The molecule has 1 aromatic rings. The van der Waals surface area contributed by atoms with E-state index in [1.807, 2.05) is 4.98 Å². The van der Waals surface area contributed by atoms with Gasteiger partial charge in [0.15, 0.2) is 6.23 Å². The largest absolute Gasteiger partial charge is 1.00 e. The number of hydrogen-bond acceptors (Lipinski definition) is 15. The summed E-state index contributed by atoms with van der Waals surface area (Å²) >= 11 is 0. The molecule has 2 rings (SSSR count). The van der Waals surface area contributed by atoms with Crippen molar-refractivity contribution >= 4 is 23.5 Å². The van der Waals surface area contributed by atoms with Crippen LogP contribution in [0.3, 0.4) is 0 Å². The van der Waals surface area contributed by atoms with Gasteiger partial charge in [0.05, 0.1) is 20.5 Å². The first kappa shape index (κ1) is 38.9. The molecule has 33 heavy (non-hydrogen) atoms. The van der Waals surface area contributed by atoms with Gasteiger partial charge in [-0.15, -0.1) is 0 Å². The number of ether oxygens (including phenoxy) is 1. The summed E-state index contributed by atoms with van der Waals surface area (Å²) in [7, 11) is -18.1. The van der Waals surface area contributed by atoms with E-state index in [9.17, 15) is 48.0 Å². The molecule has 0 bridgehead atoms. The van der Waals surface area contributed by atoms with Crippen molar-refractivity contribution in [3.05, 3.63) is 33.1 Å². The molecular weight excluding hydrogens is 495 g/mol. The van der Waals surface area contributed by atoms with E-state index in [1.165, 1.54) is 0 Å². The monoisotopic (exact) mass is 507 g/mol. The van der Waals surface area contributed by atoms with Crippen molar-refractivity contribution in [3.63, 3.8) is 0 Å². The molecule has 0 aromatic carbocycles. The topological polar surface area (TPSA) is 281 Å². The molecule has 6 atom stereocenters. The zero-order valence-electron chi connectivity index (χ0n) is 17.8. The van der Waals surface area contributed by atoms with Gasteiger partial charge < -0.3 is 44.2 Å². The van der Waals surface area contributed by atoms with E-state index in [-0.39, 0.29) is 75.4 Å². The standard InChI is InChI=1S/C9H16N3O14P3.4Li/c10-6-7(14)4(24-8(6)12-2-1-5(13)11-9(12)15)3-23-28(19,20)26-29(21,22)25-27(16,17)18;;;;/h1-2,4,6-8,14H,3,10H2,(H,19,20)(H,21,22)(H,11,13,15)(H2,16,17,18);;;;/q;4*+1/p-4. The van der Waals surface area contributed by atoms with Crippen LogP contribution in [-0.2, 0) is 31.6 Å². The quantitative estimate of drug-likeness (QED) is 0.218. The van der Waals surface area contributed by atoms with Crippen LogP contribution in [-0.4, -0.2) is 39.5 Å². The van der Waals surface area contributed by atoms with E-state index >= 15 is 0 Å². The Morgan fingerprint density at radius 3 is 2.09 bits per heavy atom. The van der Waals surface area contributed by atoms with Crippen LogP contribution in [0.2, 0.25) is 0 Å².